The maximum Gasteiger partial charge on any atom is 0.138 e. The number of methoxy groups -OCH3 is 1. The lowest BCUT2D eigenvalue weighted by Gasteiger charge is -2.39. The van der Waals surface area contributed by atoms with E-state index in [9.17, 15) is 0 Å². The van der Waals surface area contributed by atoms with Crippen molar-refractivity contribution in [3.8, 4) is 11.5 Å². The average molecular weight is 340 g/mol. The standard InChI is InChI=1S/C20H24N2O3/c1-23-18-7-3-2-5-15(18)14-22-11-12-24-20-17(22)8-9-19(20)25-16-6-4-10-21-13-16/h2-7,10,13,17,19-20H,8-9,11-12,14H2,1H3/t17-,19+,20+/m0/s1. The molecule has 2 aromatic rings. The van der Waals surface area contributed by atoms with Gasteiger partial charge in [0.25, 0.3) is 0 Å². The van der Waals surface area contributed by atoms with Crippen LogP contribution in [-0.4, -0.2) is 48.4 Å². The summed E-state index contributed by atoms with van der Waals surface area (Å²) in [6.07, 6.45) is 5.83. The van der Waals surface area contributed by atoms with E-state index in [4.69, 9.17) is 14.2 Å². The van der Waals surface area contributed by atoms with Crippen LogP contribution < -0.4 is 9.47 Å². The second kappa shape index (κ2) is 7.42. The molecule has 0 bridgehead atoms. The summed E-state index contributed by atoms with van der Waals surface area (Å²) in [6, 6.07) is 12.5. The normalized spacial score (nSPS) is 26.2. The van der Waals surface area contributed by atoms with Gasteiger partial charge in [0, 0.05) is 30.9 Å². The Morgan fingerprint density at radius 3 is 2.96 bits per heavy atom. The maximum absolute atomic E-state index is 6.15. The van der Waals surface area contributed by atoms with E-state index in [2.05, 4.69) is 22.0 Å². The van der Waals surface area contributed by atoms with E-state index < -0.39 is 0 Å². The van der Waals surface area contributed by atoms with Crippen molar-refractivity contribution in [3.63, 3.8) is 0 Å². The van der Waals surface area contributed by atoms with Gasteiger partial charge in [-0.25, -0.2) is 0 Å². The first-order valence-electron chi connectivity index (χ1n) is 8.89. The van der Waals surface area contributed by atoms with Crippen LogP contribution in [0.3, 0.4) is 0 Å². The number of hydrogen-bond acceptors (Lipinski definition) is 5. The number of para-hydroxylation sites is 1. The zero-order valence-corrected chi connectivity index (χ0v) is 14.5. The molecule has 1 aromatic carbocycles. The molecular formula is C20H24N2O3. The van der Waals surface area contributed by atoms with Gasteiger partial charge >= 0.3 is 0 Å². The highest BCUT2D eigenvalue weighted by molar-refractivity contribution is 5.33. The summed E-state index contributed by atoms with van der Waals surface area (Å²) in [4.78, 5) is 6.64. The summed E-state index contributed by atoms with van der Waals surface area (Å²) >= 11 is 0. The molecule has 1 aliphatic heterocycles. The van der Waals surface area contributed by atoms with Crippen molar-refractivity contribution >= 4 is 0 Å². The lowest BCUT2D eigenvalue weighted by Crippen LogP contribution is -2.51. The first-order valence-corrected chi connectivity index (χ1v) is 8.89. The Bertz CT molecular complexity index is 694. The molecule has 0 radical (unpaired) electrons. The summed E-state index contributed by atoms with van der Waals surface area (Å²) in [6.45, 7) is 2.57. The molecule has 4 rings (SSSR count). The number of fused-ring (bicyclic) bond motifs is 1. The minimum atomic E-state index is 0.0923. The summed E-state index contributed by atoms with van der Waals surface area (Å²) in [7, 11) is 1.73. The largest absolute Gasteiger partial charge is 0.496 e. The molecule has 1 saturated heterocycles. The third-order valence-electron chi connectivity index (χ3n) is 5.14. The number of hydrogen-bond donors (Lipinski definition) is 0. The van der Waals surface area contributed by atoms with Crippen molar-refractivity contribution in [3.05, 3.63) is 54.4 Å². The maximum atomic E-state index is 6.15. The highest BCUT2D eigenvalue weighted by Crippen LogP contribution is 2.34. The van der Waals surface area contributed by atoms with Crippen LogP contribution in [0.1, 0.15) is 18.4 Å². The Morgan fingerprint density at radius 1 is 1.20 bits per heavy atom. The first kappa shape index (κ1) is 16.4. The topological polar surface area (TPSA) is 43.8 Å². The minimum Gasteiger partial charge on any atom is -0.496 e. The van der Waals surface area contributed by atoms with Crippen LogP contribution in [0.4, 0.5) is 0 Å². The van der Waals surface area contributed by atoms with Gasteiger partial charge in [0.2, 0.25) is 0 Å². The van der Waals surface area contributed by atoms with Crippen molar-refractivity contribution in [2.45, 2.75) is 37.6 Å². The molecule has 5 nitrogen and oxygen atoms in total. The molecule has 3 atom stereocenters. The van der Waals surface area contributed by atoms with Gasteiger partial charge in [0.1, 0.15) is 23.7 Å². The number of rotatable bonds is 5. The monoisotopic (exact) mass is 340 g/mol. The molecular weight excluding hydrogens is 316 g/mol. The lowest BCUT2D eigenvalue weighted by molar-refractivity contribution is -0.0917. The number of benzene rings is 1. The van der Waals surface area contributed by atoms with Gasteiger partial charge in [-0.05, 0) is 31.0 Å². The van der Waals surface area contributed by atoms with E-state index in [0.717, 1.165) is 44.0 Å². The van der Waals surface area contributed by atoms with Gasteiger partial charge in [-0.1, -0.05) is 18.2 Å². The van der Waals surface area contributed by atoms with Crippen LogP contribution in [0.5, 0.6) is 11.5 Å². The molecule has 1 aromatic heterocycles. The molecule has 2 fully saturated rings. The van der Waals surface area contributed by atoms with E-state index in [1.54, 1.807) is 19.5 Å². The molecule has 1 aliphatic carbocycles. The van der Waals surface area contributed by atoms with Crippen LogP contribution in [-0.2, 0) is 11.3 Å². The fourth-order valence-corrected chi connectivity index (χ4v) is 3.96. The molecule has 0 unspecified atom stereocenters. The highest BCUT2D eigenvalue weighted by Gasteiger charge is 2.44. The van der Waals surface area contributed by atoms with E-state index in [-0.39, 0.29) is 12.2 Å². The van der Waals surface area contributed by atoms with Gasteiger partial charge in [0.05, 0.1) is 19.9 Å². The van der Waals surface area contributed by atoms with Gasteiger partial charge in [-0.15, -0.1) is 0 Å². The predicted octanol–water partition coefficient (Wildman–Crippen LogP) is 2.90. The zero-order valence-electron chi connectivity index (χ0n) is 14.5. The number of aromatic nitrogens is 1. The Kier molecular flexibility index (Phi) is 4.85. The van der Waals surface area contributed by atoms with Crippen LogP contribution in [0.2, 0.25) is 0 Å². The molecule has 132 valence electrons. The van der Waals surface area contributed by atoms with Crippen molar-refractivity contribution in [1.82, 2.24) is 9.88 Å². The second-order valence-electron chi connectivity index (χ2n) is 6.61. The van der Waals surface area contributed by atoms with Crippen molar-refractivity contribution in [2.24, 2.45) is 0 Å². The predicted molar refractivity (Wildman–Crippen MR) is 94.8 cm³/mol. The number of morpholine rings is 1. The fraction of sp³-hybridized carbons (Fsp3) is 0.450. The number of nitrogens with zero attached hydrogens (tertiary/aromatic N) is 2. The Balaban J connectivity index is 1.46. The summed E-state index contributed by atoms with van der Waals surface area (Å²) in [5.74, 6) is 1.77. The Morgan fingerprint density at radius 2 is 2.12 bits per heavy atom. The summed E-state index contributed by atoms with van der Waals surface area (Å²) in [5.41, 5.74) is 1.22. The van der Waals surface area contributed by atoms with Crippen LogP contribution in [0.25, 0.3) is 0 Å². The van der Waals surface area contributed by atoms with E-state index in [1.165, 1.54) is 5.56 Å². The van der Waals surface area contributed by atoms with Gasteiger partial charge in [0.15, 0.2) is 0 Å². The third kappa shape index (κ3) is 3.48. The fourth-order valence-electron chi connectivity index (χ4n) is 3.96. The second-order valence-corrected chi connectivity index (χ2v) is 6.61. The van der Waals surface area contributed by atoms with Gasteiger partial charge in [-0.3, -0.25) is 9.88 Å². The van der Waals surface area contributed by atoms with E-state index >= 15 is 0 Å². The number of pyridine rings is 1. The molecule has 2 aliphatic rings. The SMILES string of the molecule is COc1ccccc1CN1CCO[C@H]2[C@H](Oc3cccnc3)CC[C@@H]21. The van der Waals surface area contributed by atoms with Crippen molar-refractivity contribution < 1.29 is 14.2 Å². The van der Waals surface area contributed by atoms with Gasteiger partial charge < -0.3 is 14.2 Å². The minimum absolute atomic E-state index is 0.0923. The molecule has 2 heterocycles. The zero-order chi connectivity index (χ0) is 17.1. The molecule has 0 amide bonds. The highest BCUT2D eigenvalue weighted by atomic mass is 16.5. The van der Waals surface area contributed by atoms with Crippen molar-refractivity contribution in [2.75, 3.05) is 20.3 Å². The third-order valence-corrected chi connectivity index (χ3v) is 5.14. The first-order chi connectivity index (χ1) is 12.3. The number of ether oxygens (including phenoxy) is 3. The van der Waals surface area contributed by atoms with Crippen LogP contribution in [0.15, 0.2) is 48.8 Å². The van der Waals surface area contributed by atoms with Crippen LogP contribution in [0, 0.1) is 0 Å². The lowest BCUT2D eigenvalue weighted by atomic mass is 10.1. The molecule has 0 spiro atoms. The van der Waals surface area contributed by atoms with E-state index in [0.29, 0.717) is 6.04 Å². The molecule has 25 heavy (non-hydrogen) atoms. The molecule has 5 heteroatoms. The quantitative estimate of drug-likeness (QED) is 0.837. The molecule has 1 saturated carbocycles. The van der Waals surface area contributed by atoms with E-state index in [1.807, 2.05) is 24.3 Å². The summed E-state index contributed by atoms with van der Waals surface area (Å²) < 4.78 is 17.8. The van der Waals surface area contributed by atoms with Crippen LogP contribution >= 0.6 is 0 Å². The summed E-state index contributed by atoms with van der Waals surface area (Å²) in [5, 5.41) is 0. The Labute approximate surface area is 148 Å². The van der Waals surface area contributed by atoms with Gasteiger partial charge in [-0.2, -0.15) is 0 Å². The Hall–Kier alpha value is -2.11. The van der Waals surface area contributed by atoms with Crippen molar-refractivity contribution in [1.29, 1.82) is 0 Å². The average Bonchev–Trinajstić information content (AvgIpc) is 3.07. The smallest absolute Gasteiger partial charge is 0.138 e. The molecule has 0 N–H and O–H groups in total.